The molecule has 3 aromatic rings. The quantitative estimate of drug-likeness (QED) is 0.543. The standard InChI is InChI=1S/C25H28N4O5S2/c1-17-7-6-8-23(18(17)2)29-24(21-15-35(31,32)16-22(21)27-29)26-25(30)19-9-11-20(12-10-19)36(33,34)28-13-4-3-5-14-28/h6-12H,3-5,13-16H2,1-2H3,(H,26,30). The van der Waals surface area contributed by atoms with Gasteiger partial charge in [-0.3, -0.25) is 4.79 Å². The van der Waals surface area contributed by atoms with E-state index in [-0.39, 0.29) is 22.0 Å². The summed E-state index contributed by atoms with van der Waals surface area (Å²) in [7, 11) is -6.94. The Morgan fingerprint density at radius 2 is 1.67 bits per heavy atom. The van der Waals surface area contributed by atoms with Crippen LogP contribution < -0.4 is 5.32 Å². The summed E-state index contributed by atoms with van der Waals surface area (Å²) in [5, 5.41) is 7.39. The van der Waals surface area contributed by atoms with Crippen molar-refractivity contribution in [1.82, 2.24) is 14.1 Å². The molecule has 5 rings (SSSR count). The summed E-state index contributed by atoms with van der Waals surface area (Å²) in [4.78, 5) is 13.4. The molecule has 0 unspecified atom stereocenters. The van der Waals surface area contributed by atoms with E-state index in [1.54, 1.807) is 4.68 Å². The molecule has 0 saturated carbocycles. The number of carbonyl (C=O) groups excluding carboxylic acids is 1. The molecule has 11 heteroatoms. The molecule has 36 heavy (non-hydrogen) atoms. The first-order valence-electron chi connectivity index (χ1n) is 11.9. The Kier molecular flexibility index (Phi) is 6.26. The van der Waals surface area contributed by atoms with E-state index in [9.17, 15) is 21.6 Å². The molecule has 2 aliphatic heterocycles. The van der Waals surface area contributed by atoms with Gasteiger partial charge in [-0.15, -0.1) is 0 Å². The molecule has 1 amide bonds. The smallest absolute Gasteiger partial charge is 0.256 e. The summed E-state index contributed by atoms with van der Waals surface area (Å²) in [6.07, 6.45) is 2.70. The maximum absolute atomic E-state index is 13.2. The number of hydrogen-bond acceptors (Lipinski definition) is 6. The maximum atomic E-state index is 13.2. The Morgan fingerprint density at radius 1 is 0.972 bits per heavy atom. The van der Waals surface area contributed by atoms with Crippen LogP contribution in [0.25, 0.3) is 5.69 Å². The average molecular weight is 529 g/mol. The highest BCUT2D eigenvalue weighted by molar-refractivity contribution is 7.90. The number of aryl methyl sites for hydroxylation is 1. The minimum Gasteiger partial charge on any atom is -0.306 e. The highest BCUT2D eigenvalue weighted by atomic mass is 32.2. The molecule has 190 valence electrons. The number of anilines is 1. The molecule has 1 aromatic heterocycles. The third-order valence-corrected chi connectivity index (χ3v) is 10.2. The predicted molar refractivity (Wildman–Crippen MR) is 136 cm³/mol. The summed E-state index contributed by atoms with van der Waals surface area (Å²) < 4.78 is 53.5. The SMILES string of the molecule is Cc1cccc(-n2nc3c(c2NC(=O)c2ccc(S(=O)(=O)N4CCCCC4)cc2)CS(=O)(=O)C3)c1C. The maximum Gasteiger partial charge on any atom is 0.256 e. The molecule has 1 N–H and O–H groups in total. The third-order valence-electron chi connectivity index (χ3n) is 6.89. The molecule has 0 spiro atoms. The molecule has 2 aromatic carbocycles. The highest BCUT2D eigenvalue weighted by Gasteiger charge is 2.34. The van der Waals surface area contributed by atoms with E-state index in [1.165, 1.54) is 28.6 Å². The van der Waals surface area contributed by atoms with Gasteiger partial charge in [-0.2, -0.15) is 9.40 Å². The van der Waals surface area contributed by atoms with E-state index in [2.05, 4.69) is 10.4 Å². The molecule has 0 aliphatic carbocycles. The van der Waals surface area contributed by atoms with Gasteiger partial charge in [-0.1, -0.05) is 18.6 Å². The van der Waals surface area contributed by atoms with Crippen molar-refractivity contribution < 1.29 is 21.6 Å². The molecule has 1 saturated heterocycles. The van der Waals surface area contributed by atoms with Crippen molar-refractivity contribution in [3.05, 3.63) is 70.4 Å². The van der Waals surface area contributed by atoms with Crippen LogP contribution in [0.3, 0.4) is 0 Å². The van der Waals surface area contributed by atoms with Crippen LogP contribution in [-0.2, 0) is 31.4 Å². The van der Waals surface area contributed by atoms with Crippen molar-refractivity contribution in [2.45, 2.75) is 49.5 Å². The number of rotatable bonds is 5. The summed E-state index contributed by atoms with van der Waals surface area (Å²) in [5.41, 5.74) is 3.92. The number of hydrogen-bond donors (Lipinski definition) is 1. The van der Waals surface area contributed by atoms with Crippen molar-refractivity contribution in [3.63, 3.8) is 0 Å². The third kappa shape index (κ3) is 4.46. The lowest BCUT2D eigenvalue weighted by atomic mass is 10.1. The Bertz CT molecular complexity index is 1550. The summed E-state index contributed by atoms with van der Waals surface area (Å²) in [5.74, 6) is -0.535. The van der Waals surface area contributed by atoms with Crippen LogP contribution in [0.2, 0.25) is 0 Å². The number of sulfone groups is 1. The number of piperidine rings is 1. The lowest BCUT2D eigenvalue weighted by Gasteiger charge is -2.25. The summed E-state index contributed by atoms with van der Waals surface area (Å²) in [6.45, 7) is 4.92. The Hall–Kier alpha value is -3.02. The number of nitrogens with zero attached hydrogens (tertiary/aromatic N) is 3. The number of fused-ring (bicyclic) bond motifs is 1. The van der Waals surface area contributed by atoms with E-state index in [4.69, 9.17) is 0 Å². The fourth-order valence-electron chi connectivity index (χ4n) is 4.72. The van der Waals surface area contributed by atoms with Crippen LogP contribution in [0.4, 0.5) is 5.82 Å². The van der Waals surface area contributed by atoms with E-state index < -0.39 is 25.8 Å². The Labute approximate surface area is 211 Å². The van der Waals surface area contributed by atoms with Gasteiger partial charge in [-0.25, -0.2) is 21.5 Å². The Balaban J connectivity index is 1.46. The van der Waals surface area contributed by atoms with E-state index in [1.807, 2.05) is 32.0 Å². The molecule has 3 heterocycles. The molecule has 0 atom stereocenters. The monoisotopic (exact) mass is 528 g/mol. The van der Waals surface area contributed by atoms with Crippen LogP contribution in [0, 0.1) is 13.8 Å². The van der Waals surface area contributed by atoms with Gasteiger partial charge < -0.3 is 5.32 Å². The zero-order chi connectivity index (χ0) is 25.7. The van der Waals surface area contributed by atoms with E-state index >= 15 is 0 Å². The van der Waals surface area contributed by atoms with E-state index in [0.717, 1.165) is 36.1 Å². The van der Waals surface area contributed by atoms with Gasteiger partial charge in [0.1, 0.15) is 5.82 Å². The second-order valence-corrected chi connectivity index (χ2v) is 13.4. The van der Waals surface area contributed by atoms with Gasteiger partial charge in [0, 0.05) is 24.2 Å². The fourth-order valence-corrected chi connectivity index (χ4v) is 7.73. The lowest BCUT2D eigenvalue weighted by Crippen LogP contribution is -2.35. The molecule has 1 fully saturated rings. The molecular weight excluding hydrogens is 500 g/mol. The zero-order valence-electron chi connectivity index (χ0n) is 20.2. The molecule has 0 radical (unpaired) electrons. The molecule has 9 nitrogen and oxygen atoms in total. The summed E-state index contributed by atoms with van der Waals surface area (Å²) >= 11 is 0. The van der Waals surface area contributed by atoms with Crippen LogP contribution >= 0.6 is 0 Å². The largest absolute Gasteiger partial charge is 0.306 e. The number of carbonyl (C=O) groups is 1. The second kappa shape index (κ2) is 9.13. The first-order valence-corrected chi connectivity index (χ1v) is 15.1. The highest BCUT2D eigenvalue weighted by Crippen LogP contribution is 2.34. The van der Waals surface area contributed by atoms with Crippen LogP contribution in [0.5, 0.6) is 0 Å². The number of nitrogens with one attached hydrogen (secondary N) is 1. The molecular formula is C25H28N4O5S2. The van der Waals surface area contributed by atoms with Crippen LogP contribution in [0.15, 0.2) is 47.4 Å². The van der Waals surface area contributed by atoms with Crippen molar-refractivity contribution in [3.8, 4) is 5.69 Å². The topological polar surface area (TPSA) is 118 Å². The normalized spacial score (nSPS) is 17.6. The first-order chi connectivity index (χ1) is 17.1. The average Bonchev–Trinajstić information content (AvgIpc) is 3.33. The van der Waals surface area contributed by atoms with Gasteiger partial charge in [0.15, 0.2) is 9.84 Å². The van der Waals surface area contributed by atoms with E-state index in [0.29, 0.717) is 30.2 Å². The minimum atomic E-state index is -3.61. The minimum absolute atomic E-state index is 0.147. The predicted octanol–water partition coefficient (Wildman–Crippen LogP) is 3.34. The fraction of sp³-hybridized carbons (Fsp3) is 0.360. The first kappa shape index (κ1) is 24.7. The number of benzene rings is 2. The molecule has 2 aliphatic rings. The lowest BCUT2D eigenvalue weighted by molar-refractivity contribution is 0.102. The van der Waals surface area contributed by atoms with Gasteiger partial charge in [0.05, 0.1) is 27.8 Å². The zero-order valence-corrected chi connectivity index (χ0v) is 21.8. The van der Waals surface area contributed by atoms with Crippen LogP contribution in [0.1, 0.15) is 52.0 Å². The van der Waals surface area contributed by atoms with Gasteiger partial charge in [0.25, 0.3) is 5.91 Å². The van der Waals surface area contributed by atoms with Gasteiger partial charge in [0.2, 0.25) is 10.0 Å². The van der Waals surface area contributed by atoms with Crippen molar-refractivity contribution in [2.24, 2.45) is 0 Å². The number of amides is 1. The van der Waals surface area contributed by atoms with Gasteiger partial charge >= 0.3 is 0 Å². The van der Waals surface area contributed by atoms with Crippen molar-refractivity contribution >= 4 is 31.6 Å². The van der Waals surface area contributed by atoms with Crippen LogP contribution in [-0.4, -0.2) is 49.9 Å². The molecule has 0 bridgehead atoms. The van der Waals surface area contributed by atoms with Gasteiger partial charge in [-0.05, 0) is 68.1 Å². The second-order valence-electron chi connectivity index (χ2n) is 9.38. The van der Waals surface area contributed by atoms with Crippen molar-refractivity contribution in [1.29, 1.82) is 0 Å². The number of aromatic nitrogens is 2. The van der Waals surface area contributed by atoms with Crippen molar-refractivity contribution in [2.75, 3.05) is 18.4 Å². The Morgan fingerprint density at radius 3 is 2.36 bits per heavy atom. The number of sulfonamides is 1. The summed E-state index contributed by atoms with van der Waals surface area (Å²) in [6, 6.07) is 11.6.